The van der Waals surface area contributed by atoms with Gasteiger partial charge in [-0.1, -0.05) is 13.8 Å². The second kappa shape index (κ2) is 7.07. The first-order valence-corrected chi connectivity index (χ1v) is 8.78. The van der Waals surface area contributed by atoms with Crippen molar-refractivity contribution in [1.82, 2.24) is 15.0 Å². The summed E-state index contributed by atoms with van der Waals surface area (Å²) in [4.78, 5) is 14.0. The molecule has 4 heterocycles. The van der Waals surface area contributed by atoms with Crippen molar-refractivity contribution in [2.24, 2.45) is 0 Å². The first-order valence-electron chi connectivity index (χ1n) is 8.78. The van der Waals surface area contributed by atoms with Gasteiger partial charge in [-0.3, -0.25) is 0 Å². The predicted octanol–water partition coefficient (Wildman–Crippen LogP) is 3.72. The van der Waals surface area contributed by atoms with Crippen LogP contribution in [0.4, 0.5) is 14.6 Å². The number of hydrogen-bond donors (Lipinski definition) is 1. The molecule has 0 atom stereocenters. The molecule has 25 heavy (non-hydrogen) atoms. The lowest BCUT2D eigenvalue weighted by Crippen LogP contribution is -2.26. The third-order valence-electron chi connectivity index (χ3n) is 4.44. The quantitative estimate of drug-likeness (QED) is 0.897. The van der Waals surface area contributed by atoms with Crippen molar-refractivity contribution in [3.63, 3.8) is 0 Å². The minimum Gasteiger partial charge on any atom is -0.375 e. The Balaban J connectivity index is 0.000000880. The van der Waals surface area contributed by atoms with Crippen LogP contribution in [0.15, 0.2) is 12.3 Å². The zero-order valence-corrected chi connectivity index (χ0v) is 14.9. The number of aromatic nitrogens is 3. The molecule has 136 valence electrons. The number of ether oxygens (including phenoxy) is 1. The predicted molar refractivity (Wildman–Crippen MR) is 93.0 cm³/mol. The molecule has 2 aromatic heterocycles. The summed E-state index contributed by atoms with van der Waals surface area (Å²) in [6.45, 7) is 7.14. The van der Waals surface area contributed by atoms with E-state index >= 15 is 0 Å². The Bertz CT molecular complexity index is 721. The molecule has 7 heteroatoms. The number of nitrogens with zero attached hydrogens (tertiary/aromatic N) is 3. The monoisotopic (exact) mass is 350 g/mol. The molecule has 0 amide bonds. The Hall–Kier alpha value is -2.02. The lowest BCUT2D eigenvalue weighted by molar-refractivity contribution is 0.0257. The molecule has 0 aliphatic carbocycles. The minimum atomic E-state index is -2.65. The summed E-state index contributed by atoms with van der Waals surface area (Å²) in [5.74, 6) is -1.38. The van der Waals surface area contributed by atoms with Gasteiger partial charge in [0.25, 0.3) is 5.92 Å². The van der Waals surface area contributed by atoms with Gasteiger partial charge >= 0.3 is 0 Å². The summed E-state index contributed by atoms with van der Waals surface area (Å²) in [5.41, 5.74) is 3.73. The fourth-order valence-electron chi connectivity index (χ4n) is 3.23. The summed E-state index contributed by atoms with van der Waals surface area (Å²) >= 11 is 0. The summed E-state index contributed by atoms with van der Waals surface area (Å²) in [6.07, 6.45) is 2.30. The van der Waals surface area contributed by atoms with Crippen LogP contribution >= 0.6 is 0 Å². The number of nitrogens with one attached hydrogen (secondary N) is 1. The molecule has 0 saturated carbocycles. The van der Waals surface area contributed by atoms with E-state index in [4.69, 9.17) is 4.74 Å². The zero-order valence-electron chi connectivity index (χ0n) is 14.9. The molecule has 1 N–H and O–H groups in total. The number of aryl methyl sites for hydroxylation is 1. The van der Waals surface area contributed by atoms with Crippen LogP contribution in [0.25, 0.3) is 11.4 Å². The molecule has 4 rings (SSSR count). The van der Waals surface area contributed by atoms with Gasteiger partial charge in [-0.25, -0.2) is 18.7 Å². The molecule has 2 aromatic rings. The Morgan fingerprint density at radius 1 is 1.32 bits per heavy atom. The molecule has 0 unspecified atom stereocenters. The van der Waals surface area contributed by atoms with Gasteiger partial charge in [0.05, 0.1) is 36.7 Å². The molecule has 0 radical (unpaired) electrons. The van der Waals surface area contributed by atoms with E-state index in [1.807, 2.05) is 26.8 Å². The fraction of sp³-hybridized carbons (Fsp3) is 0.556. The maximum absolute atomic E-state index is 13.6. The molecule has 1 saturated heterocycles. The molecular weight excluding hydrogens is 326 g/mol. The van der Waals surface area contributed by atoms with Crippen molar-refractivity contribution in [2.75, 3.05) is 24.6 Å². The average Bonchev–Trinajstić information content (AvgIpc) is 3.19. The lowest BCUT2D eigenvalue weighted by Gasteiger charge is -2.20. The van der Waals surface area contributed by atoms with Crippen molar-refractivity contribution in [1.29, 1.82) is 0 Å². The van der Waals surface area contributed by atoms with Crippen LogP contribution in [0, 0.1) is 6.92 Å². The normalized spacial score (nSPS) is 18.5. The second-order valence-electron chi connectivity index (χ2n) is 6.17. The largest absolute Gasteiger partial charge is 0.375 e. The highest BCUT2D eigenvalue weighted by atomic mass is 19.3. The summed E-state index contributed by atoms with van der Waals surface area (Å²) in [7, 11) is 0. The van der Waals surface area contributed by atoms with Crippen LogP contribution in [-0.2, 0) is 17.8 Å². The lowest BCUT2D eigenvalue weighted by atomic mass is 10.1. The molecule has 5 nitrogen and oxygen atoms in total. The number of imidazole rings is 1. The van der Waals surface area contributed by atoms with E-state index in [0.29, 0.717) is 31.4 Å². The number of aromatic amines is 1. The minimum absolute atomic E-state index is 0.134. The highest BCUT2D eigenvalue weighted by Gasteiger charge is 2.39. The van der Waals surface area contributed by atoms with E-state index in [1.54, 1.807) is 11.1 Å². The Morgan fingerprint density at radius 2 is 2.12 bits per heavy atom. The zero-order chi connectivity index (χ0) is 18.0. The van der Waals surface area contributed by atoms with Gasteiger partial charge in [0, 0.05) is 25.6 Å². The maximum atomic E-state index is 13.6. The Morgan fingerprint density at radius 3 is 2.80 bits per heavy atom. The van der Waals surface area contributed by atoms with Crippen LogP contribution in [0.3, 0.4) is 0 Å². The highest BCUT2D eigenvalue weighted by Crippen LogP contribution is 2.36. The number of anilines is 1. The molecule has 0 bridgehead atoms. The van der Waals surface area contributed by atoms with E-state index in [-0.39, 0.29) is 13.0 Å². The average molecular weight is 350 g/mol. The Kier molecular flexibility index (Phi) is 5.03. The van der Waals surface area contributed by atoms with Crippen molar-refractivity contribution < 1.29 is 13.5 Å². The number of H-pyrrole nitrogens is 1. The second-order valence-corrected chi connectivity index (χ2v) is 6.17. The number of rotatable bonds is 2. The fourth-order valence-corrected chi connectivity index (χ4v) is 3.23. The van der Waals surface area contributed by atoms with Crippen LogP contribution < -0.4 is 4.90 Å². The standard InChI is InChI=1S/C16H18F2N4O.C2H6/c1-10-2-5-19-15(22-6-4-16(17,18)9-22)13(10)14-20-11-3-7-23-8-12(11)21-14;1-2/h2,5H,3-4,6-9H2,1H3,(H,20,21);1-2H3. The van der Waals surface area contributed by atoms with Crippen molar-refractivity contribution in [2.45, 2.75) is 46.1 Å². The third kappa shape index (κ3) is 3.51. The van der Waals surface area contributed by atoms with Gasteiger partial charge in [0.2, 0.25) is 0 Å². The Labute approximate surface area is 146 Å². The summed E-state index contributed by atoms with van der Waals surface area (Å²) < 4.78 is 32.6. The van der Waals surface area contributed by atoms with Crippen LogP contribution in [0.5, 0.6) is 0 Å². The topological polar surface area (TPSA) is 54.0 Å². The van der Waals surface area contributed by atoms with Gasteiger partial charge < -0.3 is 14.6 Å². The first kappa shape index (κ1) is 17.8. The van der Waals surface area contributed by atoms with Crippen molar-refractivity contribution in [3.8, 4) is 11.4 Å². The van der Waals surface area contributed by atoms with Gasteiger partial charge in [-0.05, 0) is 18.6 Å². The van der Waals surface area contributed by atoms with E-state index in [2.05, 4.69) is 15.0 Å². The van der Waals surface area contributed by atoms with Crippen LogP contribution in [0.1, 0.15) is 37.2 Å². The number of halogens is 2. The molecular formula is C18H24F2N4O. The number of alkyl halides is 2. The smallest absolute Gasteiger partial charge is 0.266 e. The number of fused-ring (bicyclic) bond motifs is 1. The van der Waals surface area contributed by atoms with Crippen LogP contribution in [0.2, 0.25) is 0 Å². The summed E-state index contributed by atoms with van der Waals surface area (Å²) in [6, 6.07) is 1.88. The first-order chi connectivity index (χ1) is 12.0. The van der Waals surface area contributed by atoms with E-state index in [0.717, 1.165) is 28.9 Å². The highest BCUT2D eigenvalue weighted by molar-refractivity contribution is 5.75. The van der Waals surface area contributed by atoms with E-state index in [1.165, 1.54) is 0 Å². The maximum Gasteiger partial charge on any atom is 0.266 e. The van der Waals surface area contributed by atoms with Crippen molar-refractivity contribution in [3.05, 3.63) is 29.2 Å². The van der Waals surface area contributed by atoms with Gasteiger partial charge in [0.1, 0.15) is 11.6 Å². The third-order valence-corrected chi connectivity index (χ3v) is 4.44. The molecule has 2 aliphatic heterocycles. The van der Waals surface area contributed by atoms with Gasteiger partial charge in [0.15, 0.2) is 0 Å². The molecule has 1 fully saturated rings. The molecule has 0 spiro atoms. The van der Waals surface area contributed by atoms with Gasteiger partial charge in [-0.15, -0.1) is 0 Å². The number of hydrogen-bond acceptors (Lipinski definition) is 4. The molecule has 0 aromatic carbocycles. The van der Waals surface area contributed by atoms with Crippen molar-refractivity contribution >= 4 is 5.82 Å². The SMILES string of the molecule is CC.Cc1ccnc(N2CCC(F)(F)C2)c1-c1nc2c([nH]1)COCC2. The molecule has 2 aliphatic rings. The van der Waals surface area contributed by atoms with Gasteiger partial charge in [-0.2, -0.15) is 0 Å². The number of pyridine rings is 1. The van der Waals surface area contributed by atoms with E-state index < -0.39 is 5.92 Å². The van der Waals surface area contributed by atoms with E-state index in [9.17, 15) is 8.78 Å². The summed E-state index contributed by atoms with van der Waals surface area (Å²) in [5, 5.41) is 0. The van der Waals surface area contributed by atoms with Crippen LogP contribution in [-0.4, -0.2) is 40.6 Å².